The van der Waals surface area contributed by atoms with E-state index in [1.54, 1.807) is 6.07 Å². The summed E-state index contributed by atoms with van der Waals surface area (Å²) in [5.41, 5.74) is 1.67. The fraction of sp³-hybridized carbons (Fsp3) is 0.458. The molecule has 7 nitrogen and oxygen atoms in total. The van der Waals surface area contributed by atoms with Crippen LogP contribution < -0.4 is 15.6 Å². The fourth-order valence-electron chi connectivity index (χ4n) is 4.20. The van der Waals surface area contributed by atoms with Crippen molar-refractivity contribution in [3.8, 4) is 5.75 Å². The van der Waals surface area contributed by atoms with E-state index in [-0.39, 0.29) is 22.9 Å². The first-order valence-corrected chi connectivity index (χ1v) is 10.7. The number of aryl methyl sites for hydroxylation is 1. The van der Waals surface area contributed by atoms with Gasteiger partial charge in [-0.05, 0) is 55.4 Å². The lowest BCUT2D eigenvalue weighted by molar-refractivity contribution is 0.0681. The van der Waals surface area contributed by atoms with Gasteiger partial charge in [-0.3, -0.25) is 14.4 Å². The number of fused-ring (bicyclic) bond motifs is 1. The Kier molecular flexibility index (Phi) is 5.71. The average Bonchev–Trinajstić information content (AvgIpc) is 3.20. The van der Waals surface area contributed by atoms with Crippen LogP contribution in [0, 0.1) is 12.3 Å². The standard InChI is InChI=1S/C24H28N2O5/c1-14-6-7-18(21(9-14)31-13-15-5-4-8-30-15)25-22(28)17-10-16-19(26-23(17)29)11-24(2,3)12-20(16)27/h6-7,9-10,15H,4-5,8,11-13H2,1-3H3,(H,25,28)(H,26,29). The van der Waals surface area contributed by atoms with Crippen LogP contribution in [0.4, 0.5) is 5.69 Å². The number of carbonyl (C=O) groups is 2. The molecule has 7 heteroatoms. The molecular formula is C24H28N2O5. The van der Waals surface area contributed by atoms with Crippen LogP contribution in [-0.2, 0) is 11.2 Å². The molecule has 1 saturated heterocycles. The minimum atomic E-state index is -0.576. The molecule has 2 N–H and O–H groups in total. The maximum atomic E-state index is 12.9. The molecular weight excluding hydrogens is 396 g/mol. The largest absolute Gasteiger partial charge is 0.489 e. The molecule has 2 heterocycles. The molecule has 4 rings (SSSR count). The van der Waals surface area contributed by atoms with Gasteiger partial charge in [0.1, 0.15) is 17.9 Å². The van der Waals surface area contributed by atoms with Gasteiger partial charge >= 0.3 is 0 Å². The van der Waals surface area contributed by atoms with Crippen molar-refractivity contribution in [2.45, 2.75) is 52.6 Å². The Morgan fingerprint density at radius 2 is 2.06 bits per heavy atom. The van der Waals surface area contributed by atoms with Gasteiger partial charge in [0.25, 0.3) is 11.5 Å². The Labute approximate surface area is 181 Å². The zero-order valence-corrected chi connectivity index (χ0v) is 18.2. The van der Waals surface area contributed by atoms with Gasteiger partial charge in [0, 0.05) is 24.3 Å². The third-order valence-corrected chi connectivity index (χ3v) is 5.80. The normalized spacial score (nSPS) is 19.7. The van der Waals surface area contributed by atoms with Gasteiger partial charge in [-0.2, -0.15) is 0 Å². The van der Waals surface area contributed by atoms with Crippen molar-refractivity contribution in [1.82, 2.24) is 4.98 Å². The number of H-pyrrole nitrogens is 1. The van der Waals surface area contributed by atoms with E-state index in [1.165, 1.54) is 6.07 Å². The molecule has 0 saturated carbocycles. The summed E-state index contributed by atoms with van der Waals surface area (Å²) in [5, 5.41) is 2.77. The Hall–Kier alpha value is -2.93. The van der Waals surface area contributed by atoms with Gasteiger partial charge < -0.3 is 19.8 Å². The van der Waals surface area contributed by atoms with Crippen LogP contribution in [0.2, 0.25) is 0 Å². The van der Waals surface area contributed by atoms with Crippen molar-refractivity contribution in [2.75, 3.05) is 18.5 Å². The lowest BCUT2D eigenvalue weighted by Crippen LogP contribution is -2.32. The summed E-state index contributed by atoms with van der Waals surface area (Å²) >= 11 is 0. The highest BCUT2D eigenvalue weighted by Crippen LogP contribution is 2.33. The summed E-state index contributed by atoms with van der Waals surface area (Å²) in [5.74, 6) is -0.115. The Balaban J connectivity index is 1.57. The first-order valence-electron chi connectivity index (χ1n) is 10.7. The maximum Gasteiger partial charge on any atom is 0.261 e. The van der Waals surface area contributed by atoms with E-state index in [0.29, 0.717) is 42.1 Å². The number of aromatic nitrogens is 1. The Bertz CT molecular complexity index is 1080. The molecule has 1 fully saturated rings. The number of pyridine rings is 1. The molecule has 0 bridgehead atoms. The van der Waals surface area contributed by atoms with Crippen molar-refractivity contribution in [2.24, 2.45) is 5.41 Å². The van der Waals surface area contributed by atoms with Crippen LogP contribution in [0.1, 0.15) is 65.1 Å². The third-order valence-electron chi connectivity index (χ3n) is 5.80. The number of hydrogen-bond acceptors (Lipinski definition) is 5. The Morgan fingerprint density at radius 1 is 1.26 bits per heavy atom. The van der Waals surface area contributed by atoms with E-state index >= 15 is 0 Å². The van der Waals surface area contributed by atoms with Gasteiger partial charge in [-0.1, -0.05) is 19.9 Å². The maximum absolute atomic E-state index is 12.9. The van der Waals surface area contributed by atoms with Crippen LogP contribution in [0.5, 0.6) is 5.75 Å². The third kappa shape index (κ3) is 4.71. The summed E-state index contributed by atoms with van der Waals surface area (Å²) in [4.78, 5) is 40.8. The molecule has 1 aromatic carbocycles. The van der Waals surface area contributed by atoms with E-state index in [0.717, 1.165) is 25.0 Å². The number of ketones is 1. The predicted octanol–water partition coefficient (Wildman–Crippen LogP) is 3.65. The molecule has 2 aromatic rings. The van der Waals surface area contributed by atoms with Gasteiger partial charge in [-0.15, -0.1) is 0 Å². The zero-order chi connectivity index (χ0) is 22.2. The van der Waals surface area contributed by atoms with Crippen molar-refractivity contribution in [3.05, 3.63) is 57.0 Å². The van der Waals surface area contributed by atoms with Crippen molar-refractivity contribution >= 4 is 17.4 Å². The molecule has 1 aromatic heterocycles. The number of carbonyl (C=O) groups excluding carboxylic acids is 2. The van der Waals surface area contributed by atoms with Crippen LogP contribution in [-0.4, -0.2) is 36.0 Å². The number of amides is 1. The van der Waals surface area contributed by atoms with Crippen molar-refractivity contribution in [3.63, 3.8) is 0 Å². The first kappa shape index (κ1) is 21.3. The monoisotopic (exact) mass is 424 g/mol. The first-order chi connectivity index (χ1) is 14.7. The molecule has 164 valence electrons. The van der Waals surface area contributed by atoms with E-state index in [2.05, 4.69) is 10.3 Å². The highest BCUT2D eigenvalue weighted by Gasteiger charge is 2.32. The highest BCUT2D eigenvalue weighted by atomic mass is 16.5. The van der Waals surface area contributed by atoms with Crippen LogP contribution in [0.3, 0.4) is 0 Å². The number of hydrogen-bond donors (Lipinski definition) is 2. The molecule has 1 atom stereocenters. The zero-order valence-electron chi connectivity index (χ0n) is 18.2. The van der Waals surface area contributed by atoms with E-state index in [9.17, 15) is 14.4 Å². The number of ether oxygens (including phenoxy) is 2. The number of Topliss-reactive ketones (excluding diaryl/α,β-unsaturated/α-hetero) is 1. The average molecular weight is 424 g/mol. The molecule has 1 aliphatic carbocycles. The minimum absolute atomic E-state index is 0.0443. The van der Waals surface area contributed by atoms with E-state index in [4.69, 9.17) is 9.47 Å². The van der Waals surface area contributed by atoms with E-state index in [1.807, 2.05) is 32.9 Å². The molecule has 0 spiro atoms. The predicted molar refractivity (Wildman–Crippen MR) is 117 cm³/mol. The second-order valence-electron chi connectivity index (χ2n) is 9.25. The second kappa shape index (κ2) is 8.30. The summed E-state index contributed by atoms with van der Waals surface area (Å²) in [6.07, 6.45) is 2.98. The van der Waals surface area contributed by atoms with Gasteiger partial charge in [0.2, 0.25) is 0 Å². The second-order valence-corrected chi connectivity index (χ2v) is 9.25. The molecule has 31 heavy (non-hydrogen) atoms. The topological polar surface area (TPSA) is 97.5 Å². The quantitative estimate of drug-likeness (QED) is 0.764. The van der Waals surface area contributed by atoms with Crippen molar-refractivity contribution in [1.29, 1.82) is 0 Å². The smallest absolute Gasteiger partial charge is 0.261 e. The molecule has 1 aliphatic heterocycles. The summed E-state index contributed by atoms with van der Waals surface area (Å²) in [6.45, 7) is 7.05. The van der Waals surface area contributed by atoms with Crippen molar-refractivity contribution < 1.29 is 19.1 Å². The minimum Gasteiger partial charge on any atom is -0.489 e. The molecule has 0 radical (unpaired) electrons. The van der Waals surface area contributed by atoms with Gasteiger partial charge in [-0.25, -0.2) is 0 Å². The SMILES string of the molecule is Cc1ccc(NC(=O)c2cc3c([nH]c2=O)CC(C)(C)CC3=O)c(OCC2CCCO2)c1. The number of nitrogens with one attached hydrogen (secondary N) is 2. The lowest BCUT2D eigenvalue weighted by Gasteiger charge is -2.29. The Morgan fingerprint density at radius 3 is 2.81 bits per heavy atom. The highest BCUT2D eigenvalue weighted by molar-refractivity contribution is 6.07. The summed E-state index contributed by atoms with van der Waals surface area (Å²) in [6, 6.07) is 6.87. The van der Waals surface area contributed by atoms with E-state index < -0.39 is 11.5 Å². The van der Waals surface area contributed by atoms with Gasteiger partial charge in [0.05, 0.1) is 11.8 Å². The molecule has 1 unspecified atom stereocenters. The fourth-order valence-corrected chi connectivity index (χ4v) is 4.20. The number of rotatable bonds is 5. The molecule has 2 aliphatic rings. The summed E-state index contributed by atoms with van der Waals surface area (Å²) in [7, 11) is 0. The lowest BCUT2D eigenvalue weighted by atomic mass is 9.75. The van der Waals surface area contributed by atoms with Crippen LogP contribution in [0.15, 0.2) is 29.1 Å². The van der Waals surface area contributed by atoms with Gasteiger partial charge in [0.15, 0.2) is 5.78 Å². The van der Waals surface area contributed by atoms with Crippen LogP contribution in [0.25, 0.3) is 0 Å². The molecule has 1 amide bonds. The summed E-state index contributed by atoms with van der Waals surface area (Å²) < 4.78 is 11.5. The number of anilines is 1. The number of benzene rings is 1. The number of aromatic amines is 1. The van der Waals surface area contributed by atoms with Crippen LogP contribution >= 0.6 is 0 Å².